The van der Waals surface area contributed by atoms with Gasteiger partial charge in [-0.3, -0.25) is 4.79 Å². The van der Waals surface area contributed by atoms with Gasteiger partial charge in [0.15, 0.2) is 0 Å². The van der Waals surface area contributed by atoms with E-state index in [1.54, 1.807) is 0 Å². The summed E-state index contributed by atoms with van der Waals surface area (Å²) in [5.41, 5.74) is -0.745. The normalized spacial score (nSPS) is 23.2. The van der Waals surface area contributed by atoms with E-state index < -0.39 is 11.5 Å². The molecule has 0 saturated carbocycles. The van der Waals surface area contributed by atoms with E-state index in [0.717, 1.165) is 26.1 Å². The van der Waals surface area contributed by atoms with Gasteiger partial charge in [0.25, 0.3) is 0 Å². The number of hydrogen-bond acceptors (Lipinski definition) is 4. The molecule has 5 heteroatoms. The van der Waals surface area contributed by atoms with Crippen LogP contribution in [0.5, 0.6) is 0 Å². The molecule has 1 aliphatic heterocycles. The zero-order valence-corrected chi connectivity index (χ0v) is 14.2. The minimum atomic E-state index is -0.745. The molecule has 1 aliphatic rings. The monoisotopic (exact) mass is 299 g/mol. The maximum Gasteiger partial charge on any atom is 0.323 e. The Morgan fingerprint density at radius 1 is 1.43 bits per heavy atom. The fourth-order valence-electron chi connectivity index (χ4n) is 3.32. The van der Waals surface area contributed by atoms with Crippen molar-refractivity contribution in [3.8, 4) is 0 Å². The molecule has 2 atom stereocenters. The molecule has 1 heterocycles. The van der Waals surface area contributed by atoms with Gasteiger partial charge >= 0.3 is 5.97 Å². The number of carbonyl (C=O) groups is 1. The fourth-order valence-corrected chi connectivity index (χ4v) is 3.32. The molecular formula is C16H33N3O2. The summed E-state index contributed by atoms with van der Waals surface area (Å²) in [6, 6.07) is 0.642. The van der Waals surface area contributed by atoms with Crippen LogP contribution < -0.4 is 5.32 Å². The standard InChI is InChI=1S/C16H33N3O2/c1-5-16(15(20)21,17-6-2)10-8-12-19-11-7-9-14(13-19)18(3)4/h14,17H,5-13H2,1-4H3,(H,20,21). The van der Waals surface area contributed by atoms with E-state index in [-0.39, 0.29) is 0 Å². The lowest BCUT2D eigenvalue weighted by molar-refractivity contribution is -0.145. The quantitative estimate of drug-likeness (QED) is 0.678. The van der Waals surface area contributed by atoms with Gasteiger partial charge in [0.2, 0.25) is 0 Å². The summed E-state index contributed by atoms with van der Waals surface area (Å²) < 4.78 is 0. The number of hydrogen-bond donors (Lipinski definition) is 2. The fraction of sp³-hybridized carbons (Fsp3) is 0.938. The van der Waals surface area contributed by atoms with Crippen LogP contribution in [0.25, 0.3) is 0 Å². The summed E-state index contributed by atoms with van der Waals surface area (Å²) in [5.74, 6) is -0.711. The summed E-state index contributed by atoms with van der Waals surface area (Å²) in [7, 11) is 4.29. The number of likely N-dealkylation sites (tertiary alicyclic amines) is 1. The van der Waals surface area contributed by atoms with E-state index >= 15 is 0 Å². The predicted octanol–water partition coefficient (Wildman–Crippen LogP) is 1.64. The molecule has 0 bridgehead atoms. The second kappa shape index (κ2) is 8.71. The molecule has 0 spiro atoms. The van der Waals surface area contributed by atoms with Crippen LogP contribution in [0.4, 0.5) is 0 Å². The first kappa shape index (κ1) is 18.4. The zero-order chi connectivity index (χ0) is 15.9. The van der Waals surface area contributed by atoms with Crippen LogP contribution in [-0.2, 0) is 4.79 Å². The predicted molar refractivity (Wildman–Crippen MR) is 86.7 cm³/mol. The van der Waals surface area contributed by atoms with Gasteiger partial charge in [0.05, 0.1) is 0 Å². The summed E-state index contributed by atoms with van der Waals surface area (Å²) in [6.45, 7) is 7.90. The van der Waals surface area contributed by atoms with Gasteiger partial charge in [-0.25, -0.2) is 0 Å². The zero-order valence-electron chi connectivity index (χ0n) is 14.2. The van der Waals surface area contributed by atoms with E-state index in [1.807, 2.05) is 13.8 Å². The van der Waals surface area contributed by atoms with E-state index in [9.17, 15) is 9.90 Å². The maximum atomic E-state index is 11.6. The Balaban J connectivity index is 2.45. The van der Waals surface area contributed by atoms with Crippen molar-refractivity contribution in [2.45, 2.75) is 57.5 Å². The number of carboxylic acids is 1. The largest absolute Gasteiger partial charge is 0.480 e. The van der Waals surface area contributed by atoms with Gasteiger partial charge in [0.1, 0.15) is 5.54 Å². The first-order chi connectivity index (χ1) is 9.95. The van der Waals surface area contributed by atoms with Crippen molar-refractivity contribution < 1.29 is 9.90 Å². The van der Waals surface area contributed by atoms with Crippen LogP contribution in [-0.4, -0.2) is 72.7 Å². The highest BCUT2D eigenvalue weighted by molar-refractivity contribution is 5.78. The van der Waals surface area contributed by atoms with Crippen molar-refractivity contribution in [3.05, 3.63) is 0 Å². The Kier molecular flexibility index (Phi) is 7.63. The first-order valence-corrected chi connectivity index (χ1v) is 8.32. The van der Waals surface area contributed by atoms with E-state index in [0.29, 0.717) is 25.4 Å². The van der Waals surface area contributed by atoms with Crippen molar-refractivity contribution in [2.75, 3.05) is 40.3 Å². The number of piperidine rings is 1. The number of nitrogens with one attached hydrogen (secondary N) is 1. The first-order valence-electron chi connectivity index (χ1n) is 8.32. The van der Waals surface area contributed by atoms with Crippen LogP contribution in [0, 0.1) is 0 Å². The number of nitrogens with zero attached hydrogens (tertiary/aromatic N) is 2. The van der Waals surface area contributed by atoms with Crippen LogP contribution >= 0.6 is 0 Å². The third kappa shape index (κ3) is 5.24. The van der Waals surface area contributed by atoms with Crippen LogP contribution in [0.3, 0.4) is 0 Å². The Hall–Kier alpha value is -0.650. The third-order valence-electron chi connectivity index (χ3n) is 4.82. The minimum absolute atomic E-state index is 0.635. The molecule has 1 fully saturated rings. The number of rotatable bonds is 9. The molecule has 21 heavy (non-hydrogen) atoms. The van der Waals surface area contributed by atoms with E-state index in [1.165, 1.54) is 12.8 Å². The van der Waals surface area contributed by atoms with E-state index in [2.05, 4.69) is 29.2 Å². The number of likely N-dealkylation sites (N-methyl/N-ethyl adjacent to an activating group) is 2. The number of carboxylic acid groups (broad SMARTS) is 1. The molecule has 0 aromatic heterocycles. The average molecular weight is 299 g/mol. The topological polar surface area (TPSA) is 55.8 Å². The smallest absolute Gasteiger partial charge is 0.323 e. The van der Waals surface area contributed by atoms with Gasteiger partial charge in [0, 0.05) is 12.6 Å². The summed E-state index contributed by atoms with van der Waals surface area (Å²) in [6.07, 6.45) is 4.79. The van der Waals surface area contributed by atoms with E-state index in [4.69, 9.17) is 0 Å². The molecule has 0 aliphatic carbocycles. The van der Waals surface area contributed by atoms with Crippen LogP contribution in [0.2, 0.25) is 0 Å². The lowest BCUT2D eigenvalue weighted by atomic mass is 9.90. The van der Waals surface area contributed by atoms with Gasteiger partial charge in [-0.15, -0.1) is 0 Å². The molecular weight excluding hydrogens is 266 g/mol. The Morgan fingerprint density at radius 2 is 2.14 bits per heavy atom. The van der Waals surface area contributed by atoms with Gasteiger partial charge in [-0.1, -0.05) is 13.8 Å². The Morgan fingerprint density at radius 3 is 2.67 bits per heavy atom. The molecule has 0 aromatic carbocycles. The Bertz CT molecular complexity index is 323. The molecule has 2 N–H and O–H groups in total. The summed E-state index contributed by atoms with van der Waals surface area (Å²) in [5, 5.41) is 12.7. The molecule has 0 amide bonds. The highest BCUT2D eigenvalue weighted by atomic mass is 16.4. The molecule has 2 unspecified atom stereocenters. The van der Waals surface area contributed by atoms with Crippen molar-refractivity contribution >= 4 is 5.97 Å². The van der Waals surface area contributed by atoms with Crippen molar-refractivity contribution in [2.24, 2.45) is 0 Å². The second-order valence-electron chi connectivity index (χ2n) is 6.43. The maximum absolute atomic E-state index is 11.6. The average Bonchev–Trinajstić information content (AvgIpc) is 2.46. The Labute approximate surface area is 129 Å². The third-order valence-corrected chi connectivity index (χ3v) is 4.82. The molecule has 124 valence electrons. The SMILES string of the molecule is CCNC(CC)(CCCN1CCCC(N(C)C)C1)C(=O)O. The molecule has 1 saturated heterocycles. The van der Waals surface area contributed by atoms with Gasteiger partial charge in [-0.05, 0) is 65.8 Å². The molecule has 0 radical (unpaired) electrons. The van der Waals surface area contributed by atoms with Gasteiger partial charge in [-0.2, -0.15) is 0 Å². The summed E-state index contributed by atoms with van der Waals surface area (Å²) >= 11 is 0. The minimum Gasteiger partial charge on any atom is -0.480 e. The molecule has 1 rings (SSSR count). The molecule has 0 aromatic rings. The van der Waals surface area contributed by atoms with Crippen molar-refractivity contribution in [1.29, 1.82) is 0 Å². The van der Waals surface area contributed by atoms with Crippen molar-refractivity contribution in [3.63, 3.8) is 0 Å². The lowest BCUT2D eigenvalue weighted by Crippen LogP contribution is -2.52. The van der Waals surface area contributed by atoms with Crippen LogP contribution in [0.15, 0.2) is 0 Å². The second-order valence-corrected chi connectivity index (χ2v) is 6.43. The van der Waals surface area contributed by atoms with Crippen LogP contribution in [0.1, 0.15) is 46.0 Å². The van der Waals surface area contributed by atoms with Gasteiger partial charge < -0.3 is 20.2 Å². The highest BCUT2D eigenvalue weighted by Crippen LogP contribution is 2.20. The lowest BCUT2D eigenvalue weighted by Gasteiger charge is -2.37. The number of aliphatic carboxylic acids is 1. The highest BCUT2D eigenvalue weighted by Gasteiger charge is 2.35. The molecule has 5 nitrogen and oxygen atoms in total. The van der Waals surface area contributed by atoms with Crippen molar-refractivity contribution in [1.82, 2.24) is 15.1 Å². The summed E-state index contributed by atoms with van der Waals surface area (Å²) in [4.78, 5) is 16.4.